The molecule has 0 aliphatic carbocycles. The lowest BCUT2D eigenvalue weighted by molar-refractivity contribution is -0.116. The molecule has 1 aromatic heterocycles. The van der Waals surface area contributed by atoms with Gasteiger partial charge in [-0.3, -0.25) is 4.79 Å². The molecule has 20 heavy (non-hydrogen) atoms. The number of nitrogens with one attached hydrogen (secondary N) is 1. The first kappa shape index (κ1) is 14.6. The molecule has 2 rings (SSSR count). The fourth-order valence-electron chi connectivity index (χ4n) is 1.79. The fourth-order valence-corrected chi connectivity index (χ4v) is 2.85. The van der Waals surface area contributed by atoms with Gasteiger partial charge in [0.1, 0.15) is 5.92 Å². The van der Waals surface area contributed by atoms with E-state index in [0.717, 1.165) is 16.1 Å². The Labute approximate surface area is 127 Å². The minimum Gasteiger partial charge on any atom is -0.392 e. The highest BCUT2D eigenvalue weighted by Crippen LogP contribution is 2.24. The number of nitrogens with zero attached hydrogens (tertiary/aromatic N) is 1. The van der Waals surface area contributed by atoms with Crippen LogP contribution in [0.3, 0.4) is 0 Å². The van der Waals surface area contributed by atoms with E-state index in [9.17, 15) is 4.79 Å². The minimum absolute atomic E-state index is 0.152. The van der Waals surface area contributed by atoms with Crippen LogP contribution in [0.4, 0.5) is 5.13 Å². The van der Waals surface area contributed by atoms with Crippen molar-refractivity contribution in [3.05, 3.63) is 46.5 Å². The van der Waals surface area contributed by atoms with Crippen LogP contribution in [-0.4, -0.2) is 15.9 Å². The van der Waals surface area contributed by atoms with Crippen molar-refractivity contribution in [1.29, 1.82) is 0 Å². The molecule has 1 atom stereocenters. The second kappa shape index (κ2) is 6.11. The topological polar surface area (TPSA) is 68.0 Å². The van der Waals surface area contributed by atoms with Crippen molar-refractivity contribution in [1.82, 2.24) is 4.98 Å². The number of thiocarbonyl (C=S) groups is 1. The third-order valence-electron chi connectivity index (χ3n) is 2.94. The van der Waals surface area contributed by atoms with Gasteiger partial charge in [0, 0.05) is 4.88 Å². The summed E-state index contributed by atoms with van der Waals surface area (Å²) in [6.45, 7) is 3.87. The molecule has 0 radical (unpaired) electrons. The second-order valence-corrected chi connectivity index (χ2v) is 6.07. The predicted molar refractivity (Wildman–Crippen MR) is 86.2 cm³/mol. The molecule has 2 aromatic rings. The Kier molecular flexibility index (Phi) is 4.46. The number of hydrogen-bond acceptors (Lipinski definition) is 4. The first-order valence-corrected chi connectivity index (χ1v) is 7.30. The Morgan fingerprint density at radius 1 is 1.35 bits per heavy atom. The van der Waals surface area contributed by atoms with E-state index in [1.807, 2.05) is 44.2 Å². The Morgan fingerprint density at radius 3 is 2.50 bits per heavy atom. The van der Waals surface area contributed by atoms with Gasteiger partial charge in [0.2, 0.25) is 5.91 Å². The van der Waals surface area contributed by atoms with Crippen molar-refractivity contribution in [3.8, 4) is 0 Å². The van der Waals surface area contributed by atoms with Gasteiger partial charge in [-0.05, 0) is 19.4 Å². The van der Waals surface area contributed by atoms with Crippen LogP contribution >= 0.6 is 23.6 Å². The highest BCUT2D eigenvalue weighted by atomic mass is 32.1. The minimum atomic E-state index is -0.643. The molecule has 1 amide bonds. The molecule has 0 saturated heterocycles. The number of nitrogens with two attached hydrogens (primary N) is 1. The number of anilines is 1. The molecule has 1 aromatic carbocycles. The summed E-state index contributed by atoms with van der Waals surface area (Å²) >= 11 is 6.46. The van der Waals surface area contributed by atoms with E-state index in [4.69, 9.17) is 18.0 Å². The first-order chi connectivity index (χ1) is 9.49. The van der Waals surface area contributed by atoms with Gasteiger partial charge in [-0.1, -0.05) is 42.5 Å². The van der Waals surface area contributed by atoms with Crippen LogP contribution in [0.5, 0.6) is 0 Å². The van der Waals surface area contributed by atoms with Crippen molar-refractivity contribution >= 4 is 39.6 Å². The van der Waals surface area contributed by atoms with Gasteiger partial charge >= 0.3 is 0 Å². The van der Waals surface area contributed by atoms with E-state index in [1.54, 1.807) is 0 Å². The summed E-state index contributed by atoms with van der Waals surface area (Å²) in [5.74, 6) is -0.895. The van der Waals surface area contributed by atoms with Gasteiger partial charge in [-0.2, -0.15) is 0 Å². The number of hydrogen-bond donors (Lipinski definition) is 2. The van der Waals surface area contributed by atoms with Gasteiger partial charge in [0.15, 0.2) is 5.13 Å². The van der Waals surface area contributed by atoms with E-state index < -0.39 is 5.92 Å². The molecule has 6 heteroatoms. The van der Waals surface area contributed by atoms with Crippen LogP contribution in [0.15, 0.2) is 30.3 Å². The van der Waals surface area contributed by atoms with Gasteiger partial charge in [0.05, 0.1) is 10.7 Å². The number of carbonyl (C=O) groups excluding carboxylic acids is 1. The lowest BCUT2D eigenvalue weighted by Gasteiger charge is -2.14. The molecular weight excluding hydrogens is 290 g/mol. The van der Waals surface area contributed by atoms with E-state index in [0.29, 0.717) is 5.13 Å². The lowest BCUT2D eigenvalue weighted by Crippen LogP contribution is -2.31. The molecule has 1 heterocycles. The van der Waals surface area contributed by atoms with Crippen molar-refractivity contribution in [2.45, 2.75) is 19.8 Å². The van der Waals surface area contributed by atoms with Crippen molar-refractivity contribution in [2.75, 3.05) is 5.32 Å². The first-order valence-electron chi connectivity index (χ1n) is 6.08. The van der Waals surface area contributed by atoms with E-state index in [1.165, 1.54) is 11.3 Å². The number of thiazole rings is 1. The Balaban J connectivity index is 2.22. The summed E-state index contributed by atoms with van der Waals surface area (Å²) in [7, 11) is 0. The molecule has 4 nitrogen and oxygen atoms in total. The van der Waals surface area contributed by atoms with Gasteiger partial charge in [-0.15, -0.1) is 11.3 Å². The Morgan fingerprint density at radius 2 is 2.00 bits per heavy atom. The van der Waals surface area contributed by atoms with Gasteiger partial charge in [-0.25, -0.2) is 4.98 Å². The SMILES string of the molecule is Cc1nc(NC(=O)C(C(N)=S)c2ccccc2)sc1C. The standard InChI is InChI=1S/C14H15N3OS2/c1-8-9(2)20-14(16-8)17-13(18)11(12(15)19)10-6-4-3-5-7-10/h3-7,11H,1-2H3,(H2,15,19)(H,16,17,18). The highest BCUT2D eigenvalue weighted by molar-refractivity contribution is 7.80. The molecule has 1 unspecified atom stereocenters. The Hall–Kier alpha value is -1.79. The maximum Gasteiger partial charge on any atom is 0.240 e. The maximum absolute atomic E-state index is 12.4. The third kappa shape index (κ3) is 3.20. The highest BCUT2D eigenvalue weighted by Gasteiger charge is 2.24. The quantitative estimate of drug-likeness (QED) is 0.852. The van der Waals surface area contributed by atoms with Crippen molar-refractivity contribution < 1.29 is 4.79 Å². The normalized spacial score (nSPS) is 11.9. The summed E-state index contributed by atoms with van der Waals surface area (Å²) in [5, 5.41) is 3.36. The summed E-state index contributed by atoms with van der Waals surface area (Å²) in [4.78, 5) is 17.9. The molecule has 0 fully saturated rings. The number of rotatable bonds is 4. The zero-order valence-corrected chi connectivity index (χ0v) is 12.8. The Bertz CT molecular complexity index is 618. The molecule has 3 N–H and O–H groups in total. The van der Waals surface area contributed by atoms with Crippen molar-refractivity contribution in [2.24, 2.45) is 5.73 Å². The summed E-state index contributed by atoms with van der Waals surface area (Å²) < 4.78 is 0. The molecule has 0 aliphatic heterocycles. The van der Waals surface area contributed by atoms with E-state index in [2.05, 4.69) is 10.3 Å². The van der Waals surface area contributed by atoms with Crippen LogP contribution in [-0.2, 0) is 4.79 Å². The van der Waals surface area contributed by atoms with Gasteiger partial charge < -0.3 is 11.1 Å². The van der Waals surface area contributed by atoms with E-state index >= 15 is 0 Å². The van der Waals surface area contributed by atoms with E-state index in [-0.39, 0.29) is 10.9 Å². The molecule has 104 valence electrons. The van der Waals surface area contributed by atoms with Crippen LogP contribution in [0, 0.1) is 13.8 Å². The molecule has 0 spiro atoms. The van der Waals surface area contributed by atoms with Crippen molar-refractivity contribution in [3.63, 3.8) is 0 Å². The fraction of sp³-hybridized carbons (Fsp3) is 0.214. The average Bonchev–Trinajstić information content (AvgIpc) is 2.69. The number of benzene rings is 1. The third-order valence-corrected chi connectivity index (χ3v) is 4.16. The summed E-state index contributed by atoms with van der Waals surface area (Å²) in [5.41, 5.74) is 7.41. The van der Waals surface area contributed by atoms with Crippen LogP contribution in [0.25, 0.3) is 0 Å². The predicted octanol–water partition coefficient (Wildman–Crippen LogP) is 2.77. The van der Waals surface area contributed by atoms with Gasteiger partial charge in [0.25, 0.3) is 0 Å². The lowest BCUT2D eigenvalue weighted by atomic mass is 9.98. The zero-order valence-electron chi connectivity index (χ0n) is 11.2. The number of aromatic nitrogens is 1. The number of amides is 1. The molecule has 0 saturated carbocycles. The summed E-state index contributed by atoms with van der Waals surface area (Å²) in [6, 6.07) is 9.26. The van der Waals surface area contributed by atoms with Crippen LogP contribution < -0.4 is 11.1 Å². The monoisotopic (exact) mass is 305 g/mol. The smallest absolute Gasteiger partial charge is 0.240 e. The molecule has 0 aliphatic rings. The largest absolute Gasteiger partial charge is 0.392 e. The summed E-state index contributed by atoms with van der Waals surface area (Å²) in [6.07, 6.45) is 0. The number of aryl methyl sites for hydroxylation is 2. The molecule has 0 bridgehead atoms. The van der Waals surface area contributed by atoms with Crippen LogP contribution in [0.1, 0.15) is 22.1 Å². The second-order valence-electron chi connectivity index (χ2n) is 4.40. The average molecular weight is 305 g/mol. The molecular formula is C14H15N3OS2. The zero-order chi connectivity index (χ0) is 14.7. The maximum atomic E-state index is 12.4. The van der Waals surface area contributed by atoms with Crippen LogP contribution in [0.2, 0.25) is 0 Å². The number of carbonyl (C=O) groups is 1.